The molecule has 0 amide bonds. The Hall–Kier alpha value is -3.82. The lowest BCUT2D eigenvalue weighted by atomic mass is 9.78. The van der Waals surface area contributed by atoms with E-state index in [1.54, 1.807) is 0 Å². The summed E-state index contributed by atoms with van der Waals surface area (Å²) in [5.41, 5.74) is 2.04. The second-order valence-corrected chi connectivity index (χ2v) is 9.48. The van der Waals surface area contributed by atoms with Crippen molar-refractivity contribution in [2.75, 3.05) is 0 Å². The molecule has 2 nitrogen and oxygen atoms in total. The Labute approximate surface area is 225 Å². The number of allylic oxidation sites excluding steroid dienone is 1. The van der Waals surface area contributed by atoms with E-state index in [0.29, 0.717) is 17.4 Å². The van der Waals surface area contributed by atoms with Crippen LogP contribution in [0, 0.1) is 17.6 Å². The lowest BCUT2D eigenvalue weighted by Gasteiger charge is -2.27. The van der Waals surface area contributed by atoms with E-state index in [-0.39, 0.29) is 12.1 Å². The Morgan fingerprint density at radius 1 is 0.775 bits per heavy atom. The second-order valence-electron chi connectivity index (χ2n) is 9.48. The minimum atomic E-state index is -4.75. The highest BCUT2D eigenvalue weighted by molar-refractivity contribution is 5.64. The SMILES string of the molecule is C=CC1CCC(c2ccc(-c3ccc(C(F)(F)Oc4cc(F)c(OC(F)(F)C=C(F)F)c(F)c4)cc3)cc2)CC1. The molecule has 10 heteroatoms. The van der Waals surface area contributed by atoms with Crippen LogP contribution in [0.4, 0.5) is 35.1 Å². The van der Waals surface area contributed by atoms with E-state index < -0.39 is 53.1 Å². The highest BCUT2D eigenvalue weighted by Crippen LogP contribution is 2.39. The van der Waals surface area contributed by atoms with Crippen LogP contribution in [0.1, 0.15) is 42.7 Å². The van der Waals surface area contributed by atoms with Crippen molar-refractivity contribution in [3.63, 3.8) is 0 Å². The van der Waals surface area contributed by atoms with E-state index in [2.05, 4.69) is 16.1 Å². The van der Waals surface area contributed by atoms with Gasteiger partial charge in [-0.3, -0.25) is 0 Å². The Balaban J connectivity index is 1.44. The van der Waals surface area contributed by atoms with Gasteiger partial charge in [-0.1, -0.05) is 42.5 Å². The molecule has 3 aromatic rings. The van der Waals surface area contributed by atoms with Crippen molar-refractivity contribution < 1.29 is 44.6 Å². The predicted octanol–water partition coefficient (Wildman–Crippen LogP) is 9.97. The highest BCUT2D eigenvalue weighted by atomic mass is 19.3. The molecule has 0 aliphatic heterocycles. The van der Waals surface area contributed by atoms with Crippen molar-refractivity contribution in [1.82, 2.24) is 0 Å². The van der Waals surface area contributed by atoms with Gasteiger partial charge in [0.15, 0.2) is 17.4 Å². The molecule has 1 fully saturated rings. The van der Waals surface area contributed by atoms with Gasteiger partial charge in [-0.05, 0) is 66.3 Å². The summed E-state index contributed by atoms with van der Waals surface area (Å²) in [5, 5.41) is 0. The molecule has 1 aliphatic carbocycles. The van der Waals surface area contributed by atoms with E-state index in [1.165, 1.54) is 17.7 Å². The first-order valence-corrected chi connectivity index (χ1v) is 12.4. The van der Waals surface area contributed by atoms with Gasteiger partial charge >= 0.3 is 12.2 Å². The lowest BCUT2D eigenvalue weighted by molar-refractivity contribution is -0.185. The molecule has 1 saturated carbocycles. The maximum absolute atomic E-state index is 14.8. The fraction of sp³-hybridized carbons (Fsp3) is 0.267. The first-order chi connectivity index (χ1) is 18.9. The van der Waals surface area contributed by atoms with Crippen LogP contribution in [0.3, 0.4) is 0 Å². The van der Waals surface area contributed by atoms with Crippen molar-refractivity contribution >= 4 is 0 Å². The van der Waals surface area contributed by atoms with Crippen LogP contribution in [-0.4, -0.2) is 6.11 Å². The number of rotatable bonds is 9. The van der Waals surface area contributed by atoms with Crippen molar-refractivity contribution in [2.24, 2.45) is 5.92 Å². The minimum absolute atomic E-state index is 0.178. The van der Waals surface area contributed by atoms with E-state index >= 15 is 0 Å². The Kier molecular flexibility index (Phi) is 8.56. The highest BCUT2D eigenvalue weighted by Gasteiger charge is 2.37. The summed E-state index contributed by atoms with van der Waals surface area (Å²) in [7, 11) is 0. The number of hydrogen-bond acceptors (Lipinski definition) is 2. The molecule has 40 heavy (non-hydrogen) atoms. The van der Waals surface area contributed by atoms with Crippen LogP contribution in [0.15, 0.2) is 85.5 Å². The van der Waals surface area contributed by atoms with Crippen LogP contribution >= 0.6 is 0 Å². The predicted molar refractivity (Wildman–Crippen MR) is 134 cm³/mol. The fourth-order valence-corrected chi connectivity index (χ4v) is 4.69. The van der Waals surface area contributed by atoms with Gasteiger partial charge in [0, 0.05) is 12.1 Å². The number of ether oxygens (including phenoxy) is 2. The summed E-state index contributed by atoms with van der Waals surface area (Å²) in [6.45, 7) is 3.86. The van der Waals surface area contributed by atoms with E-state index in [4.69, 9.17) is 0 Å². The molecule has 0 spiro atoms. The zero-order valence-electron chi connectivity index (χ0n) is 21.0. The van der Waals surface area contributed by atoms with Gasteiger partial charge in [-0.2, -0.15) is 26.3 Å². The van der Waals surface area contributed by atoms with Crippen molar-refractivity contribution in [3.8, 4) is 22.6 Å². The molecule has 3 aromatic carbocycles. The molecule has 0 aromatic heterocycles. The number of hydrogen-bond donors (Lipinski definition) is 0. The first kappa shape index (κ1) is 29.2. The molecule has 0 saturated heterocycles. The molecule has 0 radical (unpaired) electrons. The zero-order chi connectivity index (χ0) is 29.1. The summed E-state index contributed by atoms with van der Waals surface area (Å²) < 4.78 is 117. The third-order valence-electron chi connectivity index (χ3n) is 6.77. The van der Waals surface area contributed by atoms with E-state index in [0.717, 1.165) is 43.4 Å². The lowest BCUT2D eigenvalue weighted by Crippen LogP contribution is -2.24. The zero-order valence-corrected chi connectivity index (χ0v) is 21.0. The summed E-state index contributed by atoms with van der Waals surface area (Å²) in [6.07, 6.45) is -6.27. The van der Waals surface area contributed by atoms with Gasteiger partial charge in [0.2, 0.25) is 0 Å². The van der Waals surface area contributed by atoms with Crippen LogP contribution in [0.25, 0.3) is 11.1 Å². The van der Waals surface area contributed by atoms with Gasteiger partial charge in [0.25, 0.3) is 6.08 Å². The van der Waals surface area contributed by atoms with Crippen molar-refractivity contribution in [2.45, 2.75) is 43.8 Å². The maximum atomic E-state index is 14.8. The van der Waals surface area contributed by atoms with Crippen molar-refractivity contribution in [1.29, 1.82) is 0 Å². The molecule has 212 valence electrons. The van der Waals surface area contributed by atoms with Crippen LogP contribution in [-0.2, 0) is 6.11 Å². The Morgan fingerprint density at radius 3 is 1.80 bits per heavy atom. The minimum Gasteiger partial charge on any atom is -0.429 e. The standard InChI is InChI=1S/C30H24F8O2/c1-2-18-3-5-19(6-4-18)20-7-9-21(10-8-20)22-11-13-23(14-12-22)30(37,38)39-24-15-25(31)28(26(32)16-24)40-29(35,36)17-27(33)34/h2,7-19H,1,3-6H2. The molecule has 0 atom stereocenters. The summed E-state index contributed by atoms with van der Waals surface area (Å²) in [4.78, 5) is 0. The van der Waals surface area contributed by atoms with Gasteiger partial charge in [0.1, 0.15) is 5.75 Å². The maximum Gasteiger partial charge on any atom is 0.426 e. The number of alkyl halides is 4. The second kappa shape index (κ2) is 11.7. The van der Waals surface area contributed by atoms with Gasteiger partial charge < -0.3 is 9.47 Å². The quantitative estimate of drug-likeness (QED) is 0.189. The molecule has 0 heterocycles. The van der Waals surface area contributed by atoms with Crippen LogP contribution in [0.5, 0.6) is 11.5 Å². The molecule has 1 aliphatic rings. The normalized spacial score (nSPS) is 17.7. The molecule has 4 rings (SSSR count). The van der Waals surface area contributed by atoms with Gasteiger partial charge in [-0.15, -0.1) is 6.58 Å². The molecule has 0 N–H and O–H groups in total. The van der Waals surface area contributed by atoms with Crippen LogP contribution in [0.2, 0.25) is 0 Å². The third-order valence-corrected chi connectivity index (χ3v) is 6.77. The smallest absolute Gasteiger partial charge is 0.426 e. The Bertz CT molecular complexity index is 1330. The topological polar surface area (TPSA) is 18.5 Å². The summed E-state index contributed by atoms with van der Waals surface area (Å²) in [5.74, 6) is -5.47. The van der Waals surface area contributed by atoms with E-state index in [1.807, 2.05) is 30.3 Å². The van der Waals surface area contributed by atoms with Crippen LogP contribution < -0.4 is 9.47 Å². The molecular weight excluding hydrogens is 544 g/mol. The van der Waals surface area contributed by atoms with E-state index in [9.17, 15) is 35.1 Å². The average molecular weight is 569 g/mol. The molecule has 0 unspecified atom stereocenters. The average Bonchev–Trinajstić information content (AvgIpc) is 2.90. The molecular formula is C30H24F8O2. The summed E-state index contributed by atoms with van der Waals surface area (Å²) in [6, 6.07) is 13.3. The largest absolute Gasteiger partial charge is 0.429 e. The summed E-state index contributed by atoms with van der Waals surface area (Å²) >= 11 is 0. The Morgan fingerprint density at radius 2 is 1.30 bits per heavy atom. The number of benzene rings is 3. The first-order valence-electron chi connectivity index (χ1n) is 12.4. The van der Waals surface area contributed by atoms with Gasteiger partial charge in [0.05, 0.1) is 11.6 Å². The van der Waals surface area contributed by atoms with Gasteiger partial charge in [-0.25, -0.2) is 8.78 Å². The third kappa shape index (κ3) is 7.03. The molecule has 0 bridgehead atoms. The van der Waals surface area contributed by atoms with Crippen molar-refractivity contribution in [3.05, 3.63) is 108 Å². The fourth-order valence-electron chi connectivity index (χ4n) is 4.69. The number of halogens is 8. The monoisotopic (exact) mass is 568 g/mol.